The molecule has 1 unspecified atom stereocenters. The van der Waals surface area contributed by atoms with Gasteiger partial charge in [0.15, 0.2) is 0 Å². The van der Waals surface area contributed by atoms with Crippen LogP contribution in [0.25, 0.3) is 0 Å². The van der Waals surface area contributed by atoms with Gasteiger partial charge < -0.3 is 20.1 Å². The molecule has 25 heavy (non-hydrogen) atoms. The highest BCUT2D eigenvalue weighted by Crippen LogP contribution is 2.18. The summed E-state index contributed by atoms with van der Waals surface area (Å²) in [5, 5.41) is 13.1. The number of hydrogen-bond donors (Lipinski definition) is 2. The molecular formula is C20H26N2O3. The molecule has 0 heterocycles. The number of aliphatic hydroxyl groups is 1. The average Bonchev–Trinajstić information content (AvgIpc) is 2.65. The molecule has 5 heteroatoms. The van der Waals surface area contributed by atoms with Crippen molar-refractivity contribution in [2.75, 3.05) is 20.2 Å². The fraction of sp³-hybridized carbons (Fsp3) is 0.350. The minimum Gasteiger partial charge on any atom is -0.493 e. The Kier molecular flexibility index (Phi) is 7.29. The lowest BCUT2D eigenvalue weighted by Gasteiger charge is -2.22. The van der Waals surface area contributed by atoms with E-state index in [2.05, 4.69) is 12.2 Å². The number of benzene rings is 2. The van der Waals surface area contributed by atoms with Gasteiger partial charge in [0.2, 0.25) is 0 Å². The second kappa shape index (κ2) is 9.69. The zero-order valence-electron chi connectivity index (χ0n) is 14.8. The maximum absolute atomic E-state index is 12.3. The first-order chi connectivity index (χ1) is 12.1. The van der Waals surface area contributed by atoms with Gasteiger partial charge in [0.05, 0.1) is 19.3 Å². The summed E-state index contributed by atoms with van der Waals surface area (Å²) in [7, 11) is 1.67. The molecule has 134 valence electrons. The summed E-state index contributed by atoms with van der Waals surface area (Å²) in [6.45, 7) is 3.31. The Balaban J connectivity index is 1.87. The number of urea groups is 1. The van der Waals surface area contributed by atoms with E-state index in [1.807, 2.05) is 54.6 Å². The maximum Gasteiger partial charge on any atom is 0.317 e. The van der Waals surface area contributed by atoms with E-state index >= 15 is 0 Å². The van der Waals surface area contributed by atoms with E-state index in [4.69, 9.17) is 4.74 Å². The van der Waals surface area contributed by atoms with E-state index in [0.29, 0.717) is 13.2 Å². The molecule has 5 nitrogen and oxygen atoms in total. The third kappa shape index (κ3) is 5.80. The lowest BCUT2D eigenvalue weighted by molar-refractivity contribution is 0.131. The van der Waals surface area contributed by atoms with Gasteiger partial charge in [-0.25, -0.2) is 4.79 Å². The van der Waals surface area contributed by atoms with Gasteiger partial charge in [-0.1, -0.05) is 55.5 Å². The summed E-state index contributed by atoms with van der Waals surface area (Å²) >= 11 is 0. The molecule has 1 atom stereocenters. The molecule has 2 aromatic carbocycles. The van der Waals surface area contributed by atoms with E-state index in [1.165, 1.54) is 4.90 Å². The van der Waals surface area contributed by atoms with Crippen LogP contribution >= 0.6 is 0 Å². The first-order valence-electron chi connectivity index (χ1n) is 8.54. The smallest absolute Gasteiger partial charge is 0.317 e. The molecule has 2 amide bonds. The lowest BCUT2D eigenvalue weighted by atomic mass is 10.1. The molecule has 0 aromatic heterocycles. The Hall–Kier alpha value is -2.53. The van der Waals surface area contributed by atoms with Gasteiger partial charge in [0.25, 0.3) is 0 Å². The molecule has 0 saturated carbocycles. The molecule has 0 fully saturated rings. The van der Waals surface area contributed by atoms with Crippen molar-refractivity contribution in [1.82, 2.24) is 10.2 Å². The van der Waals surface area contributed by atoms with Gasteiger partial charge in [-0.3, -0.25) is 0 Å². The van der Waals surface area contributed by atoms with Crippen LogP contribution in [0.3, 0.4) is 0 Å². The fourth-order valence-electron chi connectivity index (χ4n) is 2.43. The summed E-state index contributed by atoms with van der Waals surface area (Å²) in [5.74, 6) is 0.789. The van der Waals surface area contributed by atoms with E-state index in [9.17, 15) is 9.90 Å². The number of carbonyl (C=O) groups is 1. The van der Waals surface area contributed by atoms with Crippen LogP contribution in [-0.2, 0) is 6.54 Å². The van der Waals surface area contributed by atoms with Gasteiger partial charge in [0, 0.05) is 19.2 Å². The summed E-state index contributed by atoms with van der Waals surface area (Å²) < 4.78 is 5.70. The average molecular weight is 342 g/mol. The number of rotatable bonds is 8. The molecule has 2 N–H and O–H groups in total. The molecule has 2 rings (SSSR count). The quantitative estimate of drug-likeness (QED) is 0.773. The number of carbonyl (C=O) groups excluding carboxylic acids is 1. The lowest BCUT2D eigenvalue weighted by Crippen LogP contribution is -2.39. The number of aliphatic hydroxyl groups excluding tert-OH is 1. The number of nitrogens with zero attached hydrogens (tertiary/aromatic N) is 1. The van der Waals surface area contributed by atoms with Crippen LogP contribution in [0, 0.1) is 0 Å². The van der Waals surface area contributed by atoms with Crippen LogP contribution in [0.4, 0.5) is 4.79 Å². The van der Waals surface area contributed by atoms with Crippen molar-refractivity contribution in [3.05, 3.63) is 65.7 Å². The zero-order chi connectivity index (χ0) is 18.1. The summed E-state index contributed by atoms with van der Waals surface area (Å²) in [5.41, 5.74) is 1.72. The van der Waals surface area contributed by atoms with E-state index in [1.54, 1.807) is 7.05 Å². The first-order valence-corrected chi connectivity index (χ1v) is 8.54. The Bertz CT molecular complexity index is 661. The normalized spacial score (nSPS) is 11.6. The highest BCUT2D eigenvalue weighted by atomic mass is 16.5. The van der Waals surface area contributed by atoms with E-state index in [0.717, 1.165) is 23.3 Å². The van der Waals surface area contributed by atoms with Crippen LogP contribution in [0.5, 0.6) is 5.75 Å². The van der Waals surface area contributed by atoms with Crippen molar-refractivity contribution >= 4 is 6.03 Å². The Morgan fingerprint density at radius 2 is 1.84 bits per heavy atom. The maximum atomic E-state index is 12.3. The number of hydrogen-bond acceptors (Lipinski definition) is 3. The van der Waals surface area contributed by atoms with Crippen LogP contribution in [0.15, 0.2) is 54.6 Å². The van der Waals surface area contributed by atoms with Crippen LogP contribution < -0.4 is 10.1 Å². The van der Waals surface area contributed by atoms with Crippen molar-refractivity contribution in [3.8, 4) is 5.75 Å². The fourth-order valence-corrected chi connectivity index (χ4v) is 2.43. The minimum atomic E-state index is -0.711. The molecule has 0 saturated heterocycles. The monoisotopic (exact) mass is 342 g/mol. The van der Waals surface area contributed by atoms with E-state index in [-0.39, 0.29) is 12.6 Å². The minimum absolute atomic E-state index is 0.226. The highest BCUT2D eigenvalue weighted by Gasteiger charge is 2.15. The summed E-state index contributed by atoms with van der Waals surface area (Å²) in [6.07, 6.45) is 0.220. The number of amides is 2. The van der Waals surface area contributed by atoms with Crippen molar-refractivity contribution in [2.24, 2.45) is 0 Å². The molecule has 0 aliphatic carbocycles. The summed E-state index contributed by atoms with van der Waals surface area (Å²) in [6, 6.07) is 16.8. The van der Waals surface area contributed by atoms with Gasteiger partial charge in [-0.2, -0.15) is 0 Å². The van der Waals surface area contributed by atoms with Gasteiger partial charge >= 0.3 is 6.03 Å². The molecule has 0 bridgehead atoms. The predicted molar refractivity (Wildman–Crippen MR) is 98.5 cm³/mol. The Labute approximate surface area is 149 Å². The van der Waals surface area contributed by atoms with Crippen molar-refractivity contribution < 1.29 is 14.6 Å². The second-order valence-corrected chi connectivity index (χ2v) is 5.92. The number of likely N-dealkylation sites (N-methyl/N-ethyl adjacent to an activating group) is 1. The first kappa shape index (κ1) is 18.8. The molecule has 0 radical (unpaired) electrons. The third-order valence-corrected chi connectivity index (χ3v) is 3.84. The zero-order valence-corrected chi connectivity index (χ0v) is 14.8. The molecule has 0 spiro atoms. The van der Waals surface area contributed by atoms with Crippen LogP contribution in [0.1, 0.15) is 30.6 Å². The van der Waals surface area contributed by atoms with Crippen LogP contribution in [0.2, 0.25) is 0 Å². The van der Waals surface area contributed by atoms with Gasteiger partial charge in [0.1, 0.15) is 5.75 Å². The van der Waals surface area contributed by atoms with Crippen molar-refractivity contribution in [3.63, 3.8) is 0 Å². The van der Waals surface area contributed by atoms with Gasteiger partial charge in [-0.15, -0.1) is 0 Å². The van der Waals surface area contributed by atoms with Crippen molar-refractivity contribution in [2.45, 2.75) is 26.0 Å². The van der Waals surface area contributed by atoms with Crippen molar-refractivity contribution in [1.29, 1.82) is 0 Å². The van der Waals surface area contributed by atoms with Crippen LogP contribution in [-0.4, -0.2) is 36.2 Å². The molecule has 0 aliphatic heterocycles. The Morgan fingerprint density at radius 1 is 1.16 bits per heavy atom. The second-order valence-electron chi connectivity index (χ2n) is 5.92. The summed E-state index contributed by atoms with van der Waals surface area (Å²) in [4.78, 5) is 13.8. The highest BCUT2D eigenvalue weighted by molar-refractivity contribution is 5.74. The predicted octanol–water partition coefficient (Wildman–Crippen LogP) is 3.35. The number of nitrogens with one attached hydrogen (secondary N) is 1. The Morgan fingerprint density at radius 3 is 2.56 bits per heavy atom. The topological polar surface area (TPSA) is 61.8 Å². The molecule has 2 aromatic rings. The third-order valence-electron chi connectivity index (χ3n) is 3.84. The number of ether oxygens (including phenoxy) is 1. The molecule has 0 aliphatic rings. The largest absolute Gasteiger partial charge is 0.493 e. The molecular weight excluding hydrogens is 316 g/mol. The SMILES string of the molecule is CCCOc1ccccc1CNC(=O)N(C)CC(O)c1ccccc1. The van der Waals surface area contributed by atoms with Gasteiger partial charge in [-0.05, 0) is 18.1 Å². The number of para-hydroxylation sites is 1. The van der Waals surface area contributed by atoms with E-state index < -0.39 is 6.10 Å². The standard InChI is InChI=1S/C20H26N2O3/c1-3-13-25-19-12-8-7-11-17(19)14-21-20(24)22(2)15-18(23)16-9-5-4-6-10-16/h4-12,18,23H,3,13-15H2,1-2H3,(H,21,24).